The van der Waals surface area contributed by atoms with E-state index in [2.05, 4.69) is 41.4 Å². The number of nitrogens with one attached hydrogen (secondary N) is 1. The van der Waals surface area contributed by atoms with Crippen LogP contribution in [0, 0.1) is 0 Å². The van der Waals surface area contributed by atoms with Crippen LogP contribution in [-0.2, 0) is 6.42 Å². The number of furan rings is 1. The van der Waals surface area contributed by atoms with Gasteiger partial charge in [-0.15, -0.1) is 0 Å². The highest BCUT2D eigenvalue weighted by Gasteiger charge is 2.16. The van der Waals surface area contributed by atoms with Gasteiger partial charge in [0, 0.05) is 21.9 Å². The lowest BCUT2D eigenvalue weighted by atomic mass is 10.0. The van der Waals surface area contributed by atoms with Gasteiger partial charge < -0.3 is 9.40 Å². The number of para-hydroxylation sites is 1. The molecule has 0 unspecified atom stereocenters. The molecule has 0 fully saturated rings. The van der Waals surface area contributed by atoms with Gasteiger partial charge in [0.15, 0.2) is 5.58 Å². The molecule has 0 radical (unpaired) electrons. The Bertz CT molecular complexity index is 1000. The highest BCUT2D eigenvalue weighted by Crippen LogP contribution is 2.37. The third kappa shape index (κ3) is 1.19. The van der Waals surface area contributed by atoms with Crippen molar-refractivity contribution in [2.75, 3.05) is 0 Å². The van der Waals surface area contributed by atoms with Crippen LogP contribution in [0.5, 0.6) is 0 Å². The topological polar surface area (TPSA) is 28.9 Å². The normalized spacial score (nSPS) is 14.4. The molecular formula is C18H13NO. The van der Waals surface area contributed by atoms with Crippen molar-refractivity contribution in [1.82, 2.24) is 4.98 Å². The zero-order chi connectivity index (χ0) is 13.1. The predicted octanol–water partition coefficient (Wildman–Crippen LogP) is 5.03. The van der Waals surface area contributed by atoms with Crippen LogP contribution in [0.4, 0.5) is 0 Å². The fourth-order valence-corrected chi connectivity index (χ4v) is 3.36. The van der Waals surface area contributed by atoms with Crippen LogP contribution in [-0.4, -0.2) is 4.98 Å². The zero-order valence-electron chi connectivity index (χ0n) is 10.9. The number of H-pyrrole nitrogens is 1. The van der Waals surface area contributed by atoms with Gasteiger partial charge in [-0.05, 0) is 36.6 Å². The van der Waals surface area contributed by atoms with Gasteiger partial charge in [-0.2, -0.15) is 0 Å². The van der Waals surface area contributed by atoms with Crippen molar-refractivity contribution < 1.29 is 4.42 Å². The number of hydrogen-bond acceptors (Lipinski definition) is 1. The molecule has 0 amide bonds. The molecule has 0 aliphatic heterocycles. The van der Waals surface area contributed by atoms with Crippen molar-refractivity contribution in [3.63, 3.8) is 0 Å². The maximum absolute atomic E-state index is 6.09. The lowest BCUT2D eigenvalue weighted by Gasteiger charge is -2.03. The van der Waals surface area contributed by atoms with Crippen molar-refractivity contribution in [2.24, 2.45) is 0 Å². The van der Waals surface area contributed by atoms with Crippen molar-refractivity contribution in [3.8, 4) is 0 Å². The lowest BCUT2D eigenvalue weighted by molar-refractivity contribution is 0.672. The summed E-state index contributed by atoms with van der Waals surface area (Å²) in [6.07, 6.45) is 6.65. The number of hydrogen-bond donors (Lipinski definition) is 1. The van der Waals surface area contributed by atoms with Gasteiger partial charge in [0.25, 0.3) is 0 Å². The molecule has 1 aliphatic rings. The Morgan fingerprint density at radius 2 is 1.85 bits per heavy atom. The molecule has 4 aromatic rings. The van der Waals surface area contributed by atoms with E-state index in [-0.39, 0.29) is 0 Å². The largest absolute Gasteiger partial charge is 0.454 e. The summed E-state index contributed by atoms with van der Waals surface area (Å²) >= 11 is 0. The van der Waals surface area contributed by atoms with E-state index >= 15 is 0 Å². The van der Waals surface area contributed by atoms with Crippen molar-refractivity contribution in [1.29, 1.82) is 0 Å². The number of aryl methyl sites for hydroxylation is 1. The minimum absolute atomic E-state index is 0.957. The smallest absolute Gasteiger partial charge is 0.159 e. The molecule has 2 heteroatoms. The Morgan fingerprint density at radius 3 is 2.85 bits per heavy atom. The van der Waals surface area contributed by atoms with Gasteiger partial charge in [-0.1, -0.05) is 30.3 Å². The molecule has 1 N–H and O–H groups in total. The van der Waals surface area contributed by atoms with Gasteiger partial charge in [-0.3, -0.25) is 0 Å². The average Bonchev–Trinajstić information content (AvgIpc) is 3.05. The summed E-state index contributed by atoms with van der Waals surface area (Å²) in [5.41, 5.74) is 5.73. The molecule has 96 valence electrons. The van der Waals surface area contributed by atoms with Crippen LogP contribution in [0.1, 0.15) is 17.7 Å². The number of allylic oxidation sites excluding steroid dienone is 1. The van der Waals surface area contributed by atoms with E-state index in [1.54, 1.807) is 0 Å². The first kappa shape index (κ1) is 10.3. The second kappa shape index (κ2) is 3.54. The summed E-state index contributed by atoms with van der Waals surface area (Å²) in [5, 5.41) is 3.68. The summed E-state index contributed by atoms with van der Waals surface area (Å²) in [6, 6.07) is 12.7. The molecule has 2 aromatic carbocycles. The molecule has 0 spiro atoms. The molecule has 20 heavy (non-hydrogen) atoms. The zero-order valence-corrected chi connectivity index (χ0v) is 10.9. The first-order valence-electron chi connectivity index (χ1n) is 7.03. The summed E-state index contributed by atoms with van der Waals surface area (Å²) in [6.45, 7) is 0. The van der Waals surface area contributed by atoms with E-state index < -0.39 is 0 Å². The predicted molar refractivity (Wildman–Crippen MR) is 82.9 cm³/mol. The molecular weight excluding hydrogens is 246 g/mol. The molecule has 1 aliphatic carbocycles. The van der Waals surface area contributed by atoms with Gasteiger partial charge in [0.2, 0.25) is 0 Å². The second-order valence-corrected chi connectivity index (χ2v) is 5.42. The van der Waals surface area contributed by atoms with Crippen molar-refractivity contribution >= 4 is 38.9 Å². The number of benzene rings is 2. The molecule has 0 saturated heterocycles. The van der Waals surface area contributed by atoms with Crippen LogP contribution in [0.2, 0.25) is 0 Å². The highest BCUT2D eigenvalue weighted by atomic mass is 16.3. The summed E-state index contributed by atoms with van der Waals surface area (Å²) in [4.78, 5) is 3.54. The van der Waals surface area contributed by atoms with Crippen LogP contribution in [0.15, 0.2) is 46.9 Å². The van der Waals surface area contributed by atoms with Gasteiger partial charge in [-0.25, -0.2) is 0 Å². The van der Waals surface area contributed by atoms with E-state index in [0.29, 0.717) is 0 Å². The standard InChI is InChI=1S/C18H13NO/c1-3-7-15-11(5-1)13-9-10-14-12-6-2-4-8-16(12)20-18(14)17(13)19-15/h2-4,6-10,19H,1,5H2. The third-order valence-electron chi connectivity index (χ3n) is 4.30. The number of fused-ring (bicyclic) bond motifs is 7. The van der Waals surface area contributed by atoms with Crippen LogP contribution in [0.3, 0.4) is 0 Å². The molecule has 2 aromatic heterocycles. The monoisotopic (exact) mass is 259 g/mol. The Kier molecular flexibility index (Phi) is 1.83. The highest BCUT2D eigenvalue weighted by molar-refractivity contribution is 6.14. The van der Waals surface area contributed by atoms with E-state index in [1.807, 2.05) is 12.1 Å². The fourth-order valence-electron chi connectivity index (χ4n) is 3.36. The molecule has 5 rings (SSSR count). The van der Waals surface area contributed by atoms with Crippen molar-refractivity contribution in [2.45, 2.75) is 12.8 Å². The Balaban J connectivity index is 2.01. The first-order valence-corrected chi connectivity index (χ1v) is 7.03. The van der Waals surface area contributed by atoms with Gasteiger partial charge in [0.1, 0.15) is 5.58 Å². The third-order valence-corrected chi connectivity index (χ3v) is 4.30. The van der Waals surface area contributed by atoms with Crippen LogP contribution >= 0.6 is 0 Å². The van der Waals surface area contributed by atoms with Crippen LogP contribution in [0.25, 0.3) is 38.9 Å². The first-order chi connectivity index (χ1) is 9.92. The fraction of sp³-hybridized carbons (Fsp3) is 0.111. The summed E-state index contributed by atoms with van der Waals surface area (Å²) in [5.74, 6) is 0. The maximum Gasteiger partial charge on any atom is 0.159 e. The minimum Gasteiger partial charge on any atom is -0.454 e. The number of aromatic amines is 1. The summed E-state index contributed by atoms with van der Waals surface area (Å²) < 4.78 is 6.09. The van der Waals surface area contributed by atoms with E-state index in [9.17, 15) is 0 Å². The molecule has 0 atom stereocenters. The molecule has 0 bridgehead atoms. The van der Waals surface area contributed by atoms with E-state index in [4.69, 9.17) is 4.42 Å². The Labute approximate surface area is 115 Å². The van der Waals surface area contributed by atoms with Crippen molar-refractivity contribution in [3.05, 3.63) is 53.7 Å². The van der Waals surface area contributed by atoms with Gasteiger partial charge >= 0.3 is 0 Å². The van der Waals surface area contributed by atoms with Crippen LogP contribution < -0.4 is 0 Å². The van der Waals surface area contributed by atoms with E-state index in [0.717, 1.165) is 29.5 Å². The molecule has 0 saturated carbocycles. The second-order valence-electron chi connectivity index (χ2n) is 5.42. The quantitative estimate of drug-likeness (QED) is 0.471. The molecule has 2 nitrogen and oxygen atoms in total. The number of rotatable bonds is 0. The maximum atomic E-state index is 6.09. The average molecular weight is 259 g/mol. The summed E-state index contributed by atoms with van der Waals surface area (Å²) in [7, 11) is 0. The Hall–Kier alpha value is -2.48. The Morgan fingerprint density at radius 1 is 0.950 bits per heavy atom. The molecule has 2 heterocycles. The van der Waals surface area contributed by atoms with E-state index in [1.165, 1.54) is 27.4 Å². The lowest BCUT2D eigenvalue weighted by Crippen LogP contribution is -1.89. The number of aromatic nitrogens is 1. The van der Waals surface area contributed by atoms with Gasteiger partial charge in [0.05, 0.1) is 5.52 Å². The SMILES string of the molecule is C1=Cc2[nH]c3c(ccc4c5ccccc5oc43)c2CC1. The minimum atomic E-state index is 0.957.